The Balaban J connectivity index is 1.88. The fourth-order valence-electron chi connectivity index (χ4n) is 2.37. The molecule has 4 heterocycles. The van der Waals surface area contributed by atoms with E-state index < -0.39 is 0 Å². The van der Waals surface area contributed by atoms with Crippen LogP contribution in [0.3, 0.4) is 0 Å². The van der Waals surface area contributed by atoms with E-state index in [1.54, 1.807) is 23.3 Å². The normalized spacial score (nSPS) is 11.2. The van der Waals surface area contributed by atoms with Crippen LogP contribution >= 0.6 is 0 Å². The summed E-state index contributed by atoms with van der Waals surface area (Å²) in [5.41, 5.74) is 3.36. The van der Waals surface area contributed by atoms with Gasteiger partial charge < -0.3 is 4.52 Å². The lowest BCUT2D eigenvalue weighted by Crippen LogP contribution is -1.94. The Kier molecular flexibility index (Phi) is 2.72. The second kappa shape index (κ2) is 4.73. The fourth-order valence-corrected chi connectivity index (χ4v) is 2.37. The summed E-state index contributed by atoms with van der Waals surface area (Å²) in [5.74, 6) is 0.985. The second-order valence-corrected chi connectivity index (χ2v) is 4.98. The van der Waals surface area contributed by atoms with Gasteiger partial charge in [0.05, 0.1) is 17.1 Å². The van der Waals surface area contributed by atoms with Crippen molar-refractivity contribution < 1.29 is 4.52 Å². The fraction of sp³-hybridized carbons (Fsp3) is 0.133. The molecule has 0 N–H and O–H groups in total. The molecule has 7 nitrogen and oxygen atoms in total. The van der Waals surface area contributed by atoms with Crippen LogP contribution < -0.4 is 0 Å². The van der Waals surface area contributed by atoms with Gasteiger partial charge in [-0.2, -0.15) is 10.1 Å². The number of nitrogens with zero attached hydrogens (tertiary/aromatic N) is 6. The van der Waals surface area contributed by atoms with Crippen molar-refractivity contribution in [3.8, 4) is 22.8 Å². The third-order valence-electron chi connectivity index (χ3n) is 3.43. The molecule has 7 heteroatoms. The maximum absolute atomic E-state index is 5.43. The Bertz CT molecular complexity index is 957. The van der Waals surface area contributed by atoms with Gasteiger partial charge in [-0.3, -0.25) is 9.67 Å². The Morgan fingerprint density at radius 3 is 2.77 bits per heavy atom. The van der Waals surface area contributed by atoms with E-state index >= 15 is 0 Å². The molecule has 0 amide bonds. The van der Waals surface area contributed by atoms with E-state index in [1.165, 1.54) is 0 Å². The molecule has 4 rings (SSSR count). The van der Waals surface area contributed by atoms with Gasteiger partial charge in [0.2, 0.25) is 5.82 Å². The van der Waals surface area contributed by atoms with Crippen LogP contribution in [0.5, 0.6) is 0 Å². The van der Waals surface area contributed by atoms with E-state index in [9.17, 15) is 0 Å². The highest BCUT2D eigenvalue weighted by Crippen LogP contribution is 2.28. The lowest BCUT2D eigenvalue weighted by Gasteiger charge is -2.00. The average molecular weight is 292 g/mol. The first-order valence-electron chi connectivity index (χ1n) is 6.76. The largest absolute Gasteiger partial charge is 0.334 e. The third-order valence-corrected chi connectivity index (χ3v) is 3.43. The van der Waals surface area contributed by atoms with Crippen molar-refractivity contribution in [1.29, 1.82) is 0 Å². The molecule has 0 aliphatic carbocycles. The van der Waals surface area contributed by atoms with E-state index in [-0.39, 0.29) is 0 Å². The molecule has 0 spiro atoms. The van der Waals surface area contributed by atoms with E-state index in [4.69, 9.17) is 4.52 Å². The zero-order valence-corrected chi connectivity index (χ0v) is 12.1. The van der Waals surface area contributed by atoms with Gasteiger partial charge in [-0.1, -0.05) is 5.16 Å². The topological polar surface area (TPSA) is 82.5 Å². The zero-order valence-electron chi connectivity index (χ0n) is 12.1. The quantitative estimate of drug-likeness (QED) is 0.564. The predicted octanol–water partition coefficient (Wildman–Crippen LogP) is 2.39. The summed E-state index contributed by atoms with van der Waals surface area (Å²) in [7, 11) is 1.86. The minimum atomic E-state index is 0.454. The van der Waals surface area contributed by atoms with Crippen molar-refractivity contribution in [2.24, 2.45) is 7.05 Å². The molecule has 4 aromatic rings. The standard InChI is InChI=1S/C15H12N6O/c1-9-7-11(12-8-17-21(2)14(12)18-9)15-19-13(20-22-15)10-3-5-16-6-4-10/h3-8H,1-2H3. The van der Waals surface area contributed by atoms with Crippen molar-refractivity contribution in [1.82, 2.24) is 29.9 Å². The van der Waals surface area contributed by atoms with Crippen molar-refractivity contribution >= 4 is 11.0 Å². The van der Waals surface area contributed by atoms with Gasteiger partial charge in [-0.15, -0.1) is 0 Å². The summed E-state index contributed by atoms with van der Waals surface area (Å²) in [6.07, 6.45) is 5.15. The van der Waals surface area contributed by atoms with Crippen LogP contribution in [-0.4, -0.2) is 29.9 Å². The van der Waals surface area contributed by atoms with Crippen molar-refractivity contribution in [3.05, 3.63) is 42.5 Å². The summed E-state index contributed by atoms with van der Waals surface area (Å²) in [6.45, 7) is 1.93. The summed E-state index contributed by atoms with van der Waals surface area (Å²) in [5, 5.41) is 9.18. The lowest BCUT2D eigenvalue weighted by molar-refractivity contribution is 0.432. The van der Waals surface area contributed by atoms with Gasteiger partial charge in [0, 0.05) is 30.7 Å². The zero-order chi connectivity index (χ0) is 15.1. The number of pyridine rings is 2. The average Bonchev–Trinajstić information content (AvgIpc) is 3.16. The highest BCUT2D eigenvalue weighted by molar-refractivity contribution is 5.90. The molecular formula is C15H12N6O. The molecular weight excluding hydrogens is 280 g/mol. The van der Waals surface area contributed by atoms with Gasteiger partial charge in [0.25, 0.3) is 5.89 Å². The summed E-state index contributed by atoms with van der Waals surface area (Å²) >= 11 is 0. The molecule has 0 aliphatic rings. The first kappa shape index (κ1) is 12.6. The first-order valence-corrected chi connectivity index (χ1v) is 6.76. The molecule has 0 fully saturated rings. The maximum Gasteiger partial charge on any atom is 0.259 e. The first-order chi connectivity index (χ1) is 10.7. The van der Waals surface area contributed by atoms with Gasteiger partial charge in [0.15, 0.2) is 5.65 Å². The van der Waals surface area contributed by atoms with E-state index in [0.29, 0.717) is 11.7 Å². The number of hydrogen-bond donors (Lipinski definition) is 0. The second-order valence-electron chi connectivity index (χ2n) is 4.98. The predicted molar refractivity (Wildman–Crippen MR) is 79.8 cm³/mol. The molecule has 0 unspecified atom stereocenters. The highest BCUT2D eigenvalue weighted by Gasteiger charge is 2.16. The molecule has 0 bridgehead atoms. The molecule has 0 saturated carbocycles. The molecule has 0 aliphatic heterocycles. The summed E-state index contributed by atoms with van der Waals surface area (Å²) in [6, 6.07) is 5.60. The van der Waals surface area contributed by atoms with Crippen LogP contribution in [0.15, 0.2) is 41.3 Å². The van der Waals surface area contributed by atoms with Crippen LogP contribution in [0, 0.1) is 6.92 Å². The molecule has 0 saturated heterocycles. The van der Waals surface area contributed by atoms with Crippen LogP contribution in [0.1, 0.15) is 5.69 Å². The Hall–Kier alpha value is -3.09. The molecule has 0 atom stereocenters. The van der Waals surface area contributed by atoms with Crippen molar-refractivity contribution in [3.63, 3.8) is 0 Å². The van der Waals surface area contributed by atoms with Crippen LogP contribution in [0.25, 0.3) is 33.9 Å². The molecule has 4 aromatic heterocycles. The third kappa shape index (κ3) is 1.95. The molecule has 108 valence electrons. The van der Waals surface area contributed by atoms with E-state index in [1.807, 2.05) is 32.2 Å². The number of aromatic nitrogens is 6. The van der Waals surface area contributed by atoms with Crippen LogP contribution in [0.4, 0.5) is 0 Å². The molecule has 22 heavy (non-hydrogen) atoms. The summed E-state index contributed by atoms with van der Waals surface area (Å²) in [4.78, 5) is 13.0. The number of rotatable bonds is 2. The maximum atomic E-state index is 5.43. The summed E-state index contributed by atoms with van der Waals surface area (Å²) < 4.78 is 7.16. The van der Waals surface area contributed by atoms with E-state index in [0.717, 1.165) is 27.9 Å². The minimum Gasteiger partial charge on any atom is -0.334 e. The smallest absolute Gasteiger partial charge is 0.259 e. The van der Waals surface area contributed by atoms with Gasteiger partial charge >= 0.3 is 0 Å². The Labute approximate surface area is 125 Å². The van der Waals surface area contributed by atoms with Crippen LogP contribution in [0.2, 0.25) is 0 Å². The van der Waals surface area contributed by atoms with Gasteiger partial charge in [-0.05, 0) is 25.1 Å². The minimum absolute atomic E-state index is 0.454. The molecule has 0 radical (unpaired) electrons. The highest BCUT2D eigenvalue weighted by atomic mass is 16.5. The number of fused-ring (bicyclic) bond motifs is 1. The Morgan fingerprint density at radius 2 is 1.95 bits per heavy atom. The SMILES string of the molecule is Cc1cc(-c2nc(-c3ccncc3)no2)c2cnn(C)c2n1. The van der Waals surface area contributed by atoms with Crippen molar-refractivity contribution in [2.75, 3.05) is 0 Å². The van der Waals surface area contributed by atoms with Gasteiger partial charge in [0.1, 0.15) is 0 Å². The van der Waals surface area contributed by atoms with Crippen molar-refractivity contribution in [2.45, 2.75) is 6.92 Å². The Morgan fingerprint density at radius 1 is 1.14 bits per heavy atom. The van der Waals surface area contributed by atoms with Gasteiger partial charge in [-0.25, -0.2) is 4.98 Å². The number of hydrogen-bond acceptors (Lipinski definition) is 6. The lowest BCUT2D eigenvalue weighted by atomic mass is 10.1. The number of aryl methyl sites for hydroxylation is 2. The monoisotopic (exact) mass is 292 g/mol. The van der Waals surface area contributed by atoms with E-state index in [2.05, 4.69) is 25.2 Å². The van der Waals surface area contributed by atoms with Crippen LogP contribution in [-0.2, 0) is 7.05 Å². The molecule has 0 aromatic carbocycles.